The van der Waals surface area contributed by atoms with Crippen molar-refractivity contribution >= 4 is 11.9 Å². The number of carbonyl (C=O) groups is 2. The van der Waals surface area contributed by atoms with E-state index in [4.69, 9.17) is 5.73 Å². The minimum atomic E-state index is -1.18. The number of carboxylic acids is 1. The molecular weight excluding hydrogens is 299 g/mol. The molecule has 1 amide bonds. The number of amides is 1. The van der Waals surface area contributed by atoms with Crippen LogP contribution in [0.15, 0.2) is 54.6 Å². The highest BCUT2D eigenvalue weighted by molar-refractivity contribution is 5.87. The summed E-state index contributed by atoms with van der Waals surface area (Å²) in [7, 11) is 0. The summed E-state index contributed by atoms with van der Waals surface area (Å²) in [6.07, 6.45) is 0.0445. The molecular formula is C17H17FN2O3. The number of nitrogens with one attached hydrogen (secondary N) is 1. The maximum Gasteiger partial charge on any atom is 0.326 e. The first kappa shape index (κ1) is 16.6. The van der Waals surface area contributed by atoms with Gasteiger partial charge in [0.05, 0.1) is 0 Å². The average molecular weight is 316 g/mol. The van der Waals surface area contributed by atoms with Crippen molar-refractivity contribution in [3.8, 4) is 0 Å². The Morgan fingerprint density at radius 3 is 2.26 bits per heavy atom. The molecule has 0 spiro atoms. The van der Waals surface area contributed by atoms with E-state index in [0.717, 1.165) is 0 Å². The average Bonchev–Trinajstić information content (AvgIpc) is 2.56. The topological polar surface area (TPSA) is 92.4 Å². The van der Waals surface area contributed by atoms with Crippen molar-refractivity contribution < 1.29 is 19.1 Å². The van der Waals surface area contributed by atoms with Gasteiger partial charge in [-0.2, -0.15) is 0 Å². The van der Waals surface area contributed by atoms with E-state index < -0.39 is 29.8 Å². The standard InChI is InChI=1S/C17H17FN2O3/c18-13-8-6-11(7-9-13)10-14(17(22)23)20-16(21)15(19)12-4-2-1-3-5-12/h1-9,14-15H,10,19H2,(H,20,21)(H,22,23)/t14?,15-/m1/s1. The van der Waals surface area contributed by atoms with Crippen LogP contribution in [0.5, 0.6) is 0 Å². The molecule has 0 heterocycles. The van der Waals surface area contributed by atoms with Crippen LogP contribution in [0.1, 0.15) is 17.2 Å². The molecule has 0 radical (unpaired) electrons. The van der Waals surface area contributed by atoms with Gasteiger partial charge in [-0.25, -0.2) is 9.18 Å². The van der Waals surface area contributed by atoms with Crippen LogP contribution in [-0.2, 0) is 16.0 Å². The summed E-state index contributed by atoms with van der Waals surface area (Å²) in [5.74, 6) is -2.16. The summed E-state index contributed by atoms with van der Waals surface area (Å²) in [4.78, 5) is 23.5. The molecule has 4 N–H and O–H groups in total. The third-order valence-electron chi connectivity index (χ3n) is 3.41. The summed E-state index contributed by atoms with van der Waals surface area (Å²) in [6, 6.07) is 12.0. The maximum absolute atomic E-state index is 12.9. The van der Waals surface area contributed by atoms with Crippen molar-refractivity contribution in [2.24, 2.45) is 5.73 Å². The first-order chi connectivity index (χ1) is 11.0. The van der Waals surface area contributed by atoms with Gasteiger partial charge in [-0.15, -0.1) is 0 Å². The zero-order chi connectivity index (χ0) is 16.8. The molecule has 120 valence electrons. The first-order valence-electron chi connectivity index (χ1n) is 7.05. The molecule has 2 atom stereocenters. The van der Waals surface area contributed by atoms with Gasteiger partial charge in [0, 0.05) is 6.42 Å². The third kappa shape index (κ3) is 4.62. The number of nitrogens with two attached hydrogens (primary N) is 1. The van der Waals surface area contributed by atoms with Crippen LogP contribution in [0.25, 0.3) is 0 Å². The Bertz CT molecular complexity index is 674. The van der Waals surface area contributed by atoms with E-state index in [-0.39, 0.29) is 6.42 Å². The number of halogens is 1. The molecule has 23 heavy (non-hydrogen) atoms. The molecule has 0 bridgehead atoms. The number of carbonyl (C=O) groups excluding carboxylic acids is 1. The lowest BCUT2D eigenvalue weighted by Crippen LogP contribution is -2.46. The minimum Gasteiger partial charge on any atom is -0.480 e. The number of aliphatic carboxylic acids is 1. The summed E-state index contributed by atoms with van der Waals surface area (Å²) in [5, 5.41) is 11.7. The SMILES string of the molecule is N[C@@H](C(=O)NC(Cc1ccc(F)cc1)C(=O)O)c1ccccc1. The van der Waals surface area contributed by atoms with Gasteiger partial charge in [0.15, 0.2) is 0 Å². The molecule has 0 aliphatic heterocycles. The van der Waals surface area contributed by atoms with E-state index in [1.54, 1.807) is 30.3 Å². The highest BCUT2D eigenvalue weighted by atomic mass is 19.1. The molecule has 0 saturated carbocycles. The van der Waals surface area contributed by atoms with Crippen LogP contribution >= 0.6 is 0 Å². The predicted molar refractivity (Wildman–Crippen MR) is 83.0 cm³/mol. The quantitative estimate of drug-likeness (QED) is 0.755. The van der Waals surface area contributed by atoms with Gasteiger partial charge in [-0.3, -0.25) is 4.79 Å². The lowest BCUT2D eigenvalue weighted by atomic mass is 10.0. The maximum atomic E-state index is 12.9. The van der Waals surface area contributed by atoms with E-state index in [9.17, 15) is 19.1 Å². The molecule has 2 aromatic rings. The molecule has 5 nitrogen and oxygen atoms in total. The summed E-state index contributed by atoms with van der Waals surface area (Å²) in [6.45, 7) is 0. The van der Waals surface area contributed by atoms with Crippen LogP contribution in [0.4, 0.5) is 4.39 Å². The van der Waals surface area contributed by atoms with Gasteiger partial charge in [0.1, 0.15) is 17.9 Å². The molecule has 0 aliphatic carbocycles. The second-order valence-corrected chi connectivity index (χ2v) is 5.12. The van der Waals surface area contributed by atoms with E-state index in [1.165, 1.54) is 24.3 Å². The van der Waals surface area contributed by atoms with Gasteiger partial charge in [0.2, 0.25) is 5.91 Å². The van der Waals surface area contributed by atoms with E-state index in [0.29, 0.717) is 11.1 Å². The third-order valence-corrected chi connectivity index (χ3v) is 3.41. The molecule has 0 saturated heterocycles. The van der Waals surface area contributed by atoms with Gasteiger partial charge >= 0.3 is 5.97 Å². The predicted octanol–water partition coefficient (Wildman–Crippen LogP) is 1.64. The van der Waals surface area contributed by atoms with Crippen LogP contribution < -0.4 is 11.1 Å². The first-order valence-corrected chi connectivity index (χ1v) is 7.05. The fourth-order valence-electron chi connectivity index (χ4n) is 2.13. The van der Waals surface area contributed by atoms with E-state index in [1.807, 2.05) is 0 Å². The molecule has 1 unspecified atom stereocenters. The number of benzene rings is 2. The molecule has 2 aromatic carbocycles. The molecule has 0 fully saturated rings. The minimum absolute atomic E-state index is 0.0445. The van der Waals surface area contributed by atoms with E-state index >= 15 is 0 Å². The number of carboxylic acid groups (broad SMARTS) is 1. The number of hydrogen-bond donors (Lipinski definition) is 3. The Morgan fingerprint density at radius 2 is 1.70 bits per heavy atom. The molecule has 0 aromatic heterocycles. The molecule has 0 aliphatic rings. The van der Waals surface area contributed by atoms with Crippen molar-refractivity contribution in [2.45, 2.75) is 18.5 Å². The zero-order valence-electron chi connectivity index (χ0n) is 12.3. The monoisotopic (exact) mass is 316 g/mol. The van der Waals surface area contributed by atoms with Crippen LogP contribution in [0.2, 0.25) is 0 Å². The Labute approximate surface area is 132 Å². The Morgan fingerprint density at radius 1 is 1.09 bits per heavy atom. The Hall–Kier alpha value is -2.73. The summed E-state index contributed by atoms with van der Waals surface area (Å²) < 4.78 is 12.9. The zero-order valence-corrected chi connectivity index (χ0v) is 12.3. The van der Waals surface area contributed by atoms with Crippen molar-refractivity contribution in [1.82, 2.24) is 5.32 Å². The summed E-state index contributed by atoms with van der Waals surface area (Å²) in [5.41, 5.74) is 7.04. The lowest BCUT2D eigenvalue weighted by molar-refractivity contribution is -0.142. The lowest BCUT2D eigenvalue weighted by Gasteiger charge is -2.18. The van der Waals surface area contributed by atoms with Gasteiger partial charge in [0.25, 0.3) is 0 Å². The van der Waals surface area contributed by atoms with Crippen molar-refractivity contribution in [1.29, 1.82) is 0 Å². The Balaban J connectivity index is 2.05. The highest BCUT2D eigenvalue weighted by Gasteiger charge is 2.24. The fourth-order valence-corrected chi connectivity index (χ4v) is 2.13. The highest BCUT2D eigenvalue weighted by Crippen LogP contribution is 2.11. The second kappa shape index (κ2) is 7.51. The van der Waals surface area contributed by atoms with Crippen LogP contribution in [0.3, 0.4) is 0 Å². The molecule has 2 rings (SSSR count). The Kier molecular flexibility index (Phi) is 5.43. The van der Waals surface area contributed by atoms with E-state index in [2.05, 4.69) is 5.32 Å². The van der Waals surface area contributed by atoms with Gasteiger partial charge in [-0.05, 0) is 23.3 Å². The normalized spacial score (nSPS) is 13.1. The fraction of sp³-hybridized carbons (Fsp3) is 0.176. The van der Waals surface area contributed by atoms with Gasteiger partial charge in [-0.1, -0.05) is 42.5 Å². The number of hydrogen-bond acceptors (Lipinski definition) is 3. The smallest absolute Gasteiger partial charge is 0.326 e. The van der Waals surface area contributed by atoms with Crippen LogP contribution in [0, 0.1) is 5.82 Å². The summed E-state index contributed by atoms with van der Waals surface area (Å²) >= 11 is 0. The van der Waals surface area contributed by atoms with Crippen molar-refractivity contribution in [3.05, 3.63) is 71.5 Å². The van der Waals surface area contributed by atoms with Crippen molar-refractivity contribution in [2.75, 3.05) is 0 Å². The number of rotatable bonds is 6. The van der Waals surface area contributed by atoms with Crippen molar-refractivity contribution in [3.63, 3.8) is 0 Å². The second-order valence-electron chi connectivity index (χ2n) is 5.12. The van der Waals surface area contributed by atoms with Gasteiger partial charge < -0.3 is 16.2 Å². The molecule has 6 heteroatoms. The van der Waals surface area contributed by atoms with Crippen LogP contribution in [-0.4, -0.2) is 23.0 Å². The largest absolute Gasteiger partial charge is 0.480 e.